The minimum absolute atomic E-state index is 0.161. The predicted octanol–water partition coefficient (Wildman–Crippen LogP) is 1.82. The summed E-state index contributed by atoms with van der Waals surface area (Å²) in [6.07, 6.45) is 0. The molecule has 102 valence electrons. The van der Waals surface area contributed by atoms with E-state index in [-0.39, 0.29) is 23.0 Å². The Balaban J connectivity index is 2.47. The minimum Gasteiger partial charge on any atom is -0.287 e. The highest BCUT2D eigenvalue weighted by Gasteiger charge is 2.37. The van der Waals surface area contributed by atoms with Crippen LogP contribution in [0.2, 0.25) is 0 Å². The molecule has 0 unspecified atom stereocenters. The van der Waals surface area contributed by atoms with Gasteiger partial charge in [-0.2, -0.15) is 0 Å². The molecule has 0 spiro atoms. The number of hydrogen-bond donors (Lipinski definition) is 0. The quantitative estimate of drug-likeness (QED) is 0.624. The second-order valence-corrected chi connectivity index (χ2v) is 5.32. The molecule has 0 saturated heterocycles. The van der Waals surface area contributed by atoms with Gasteiger partial charge < -0.3 is 0 Å². The van der Waals surface area contributed by atoms with Crippen molar-refractivity contribution in [2.45, 2.75) is 27.7 Å². The van der Waals surface area contributed by atoms with Crippen LogP contribution in [0.5, 0.6) is 0 Å². The zero-order valence-electron chi connectivity index (χ0n) is 12.2. The van der Waals surface area contributed by atoms with Crippen LogP contribution in [0.1, 0.15) is 54.4 Å². The molecule has 3 rings (SSSR count). The molecule has 1 heterocycles. The fourth-order valence-electron chi connectivity index (χ4n) is 2.88. The molecule has 1 aliphatic rings. The van der Waals surface area contributed by atoms with E-state index in [0.29, 0.717) is 11.1 Å². The molecule has 1 aliphatic carbocycles. The third-order valence-corrected chi connectivity index (χ3v) is 4.40. The first-order chi connectivity index (χ1) is 9.36. The number of nitrogens with zero attached hydrogens (tertiary/aromatic N) is 3. The average molecular weight is 269 g/mol. The van der Waals surface area contributed by atoms with Gasteiger partial charge in [-0.15, -0.1) is 5.10 Å². The van der Waals surface area contributed by atoms with Gasteiger partial charge in [-0.3, -0.25) is 9.59 Å². The molecule has 0 bridgehead atoms. The summed E-state index contributed by atoms with van der Waals surface area (Å²) in [5.41, 5.74) is 5.28. The van der Waals surface area contributed by atoms with Crippen LogP contribution in [0, 0.1) is 27.7 Å². The van der Waals surface area contributed by atoms with Crippen LogP contribution in [0.3, 0.4) is 0 Å². The smallest absolute Gasteiger partial charge is 0.216 e. The number of carbonyl (C=O) groups is 2. The van der Waals surface area contributed by atoms with Crippen molar-refractivity contribution in [1.82, 2.24) is 15.0 Å². The Morgan fingerprint density at radius 3 is 1.85 bits per heavy atom. The van der Waals surface area contributed by atoms with E-state index >= 15 is 0 Å². The van der Waals surface area contributed by atoms with E-state index in [2.05, 4.69) is 10.3 Å². The lowest BCUT2D eigenvalue weighted by molar-refractivity contribution is 0.0970. The average Bonchev–Trinajstić information content (AvgIpc) is 2.80. The molecule has 1 aromatic carbocycles. The van der Waals surface area contributed by atoms with Crippen LogP contribution in [-0.2, 0) is 7.05 Å². The second-order valence-electron chi connectivity index (χ2n) is 5.32. The molecular formula is C15H15N3O2. The first kappa shape index (κ1) is 12.7. The van der Waals surface area contributed by atoms with Crippen molar-refractivity contribution in [1.29, 1.82) is 0 Å². The maximum atomic E-state index is 12.7. The van der Waals surface area contributed by atoms with Gasteiger partial charge in [0.15, 0.2) is 5.69 Å². The topological polar surface area (TPSA) is 64.8 Å². The normalized spacial score (nSPS) is 13.4. The summed E-state index contributed by atoms with van der Waals surface area (Å²) in [5, 5.41) is 7.66. The monoisotopic (exact) mass is 269 g/mol. The second kappa shape index (κ2) is 3.85. The molecule has 1 aromatic heterocycles. The van der Waals surface area contributed by atoms with E-state index in [1.165, 1.54) is 4.68 Å². The third-order valence-electron chi connectivity index (χ3n) is 4.40. The van der Waals surface area contributed by atoms with Crippen molar-refractivity contribution in [3.63, 3.8) is 0 Å². The van der Waals surface area contributed by atoms with E-state index in [1.807, 2.05) is 27.7 Å². The molecule has 5 nitrogen and oxygen atoms in total. The maximum Gasteiger partial charge on any atom is 0.216 e. The third kappa shape index (κ3) is 1.32. The van der Waals surface area contributed by atoms with Gasteiger partial charge in [-0.1, -0.05) is 5.21 Å². The Kier molecular flexibility index (Phi) is 2.45. The number of aromatic nitrogens is 3. The van der Waals surface area contributed by atoms with Gasteiger partial charge in [0.05, 0.1) is 0 Å². The highest BCUT2D eigenvalue weighted by Crippen LogP contribution is 2.34. The molecule has 0 fully saturated rings. The lowest BCUT2D eigenvalue weighted by Gasteiger charge is -2.22. The maximum absolute atomic E-state index is 12.7. The van der Waals surface area contributed by atoms with E-state index in [0.717, 1.165) is 22.3 Å². The first-order valence-electron chi connectivity index (χ1n) is 6.45. The summed E-state index contributed by atoms with van der Waals surface area (Å²) in [7, 11) is 1.63. The highest BCUT2D eigenvalue weighted by atomic mass is 16.1. The van der Waals surface area contributed by atoms with Crippen molar-refractivity contribution in [3.05, 3.63) is 44.8 Å². The van der Waals surface area contributed by atoms with Crippen molar-refractivity contribution in [3.8, 4) is 0 Å². The fourth-order valence-corrected chi connectivity index (χ4v) is 2.88. The predicted molar refractivity (Wildman–Crippen MR) is 73.3 cm³/mol. The van der Waals surface area contributed by atoms with Crippen LogP contribution in [0.25, 0.3) is 0 Å². The Bertz CT molecular complexity index is 800. The van der Waals surface area contributed by atoms with Crippen LogP contribution in [-0.4, -0.2) is 26.6 Å². The number of rotatable bonds is 0. The van der Waals surface area contributed by atoms with Crippen molar-refractivity contribution in [2.75, 3.05) is 0 Å². The van der Waals surface area contributed by atoms with Crippen LogP contribution < -0.4 is 0 Å². The lowest BCUT2D eigenvalue weighted by atomic mass is 9.80. The van der Waals surface area contributed by atoms with Crippen LogP contribution in [0.4, 0.5) is 0 Å². The van der Waals surface area contributed by atoms with Gasteiger partial charge in [-0.25, -0.2) is 4.68 Å². The molecule has 0 amide bonds. The van der Waals surface area contributed by atoms with E-state index in [9.17, 15) is 9.59 Å². The standard InChI is InChI=1S/C15H15N3O2/c1-6-7(2)9(4)11-10(8(6)3)14(19)12-13(15(11)20)18(5)17-16-12/h1-5H3. The number of ketones is 2. The van der Waals surface area contributed by atoms with Crippen molar-refractivity contribution in [2.24, 2.45) is 7.05 Å². The van der Waals surface area contributed by atoms with E-state index in [1.54, 1.807) is 7.05 Å². The van der Waals surface area contributed by atoms with Crippen molar-refractivity contribution < 1.29 is 9.59 Å². The van der Waals surface area contributed by atoms with E-state index in [4.69, 9.17) is 0 Å². The molecule has 5 heteroatoms. The molecular weight excluding hydrogens is 254 g/mol. The summed E-state index contributed by atoms with van der Waals surface area (Å²) in [4.78, 5) is 25.4. The number of benzene rings is 1. The zero-order valence-corrected chi connectivity index (χ0v) is 12.2. The zero-order chi connectivity index (χ0) is 14.8. The Labute approximate surface area is 116 Å². The van der Waals surface area contributed by atoms with E-state index < -0.39 is 0 Å². The summed E-state index contributed by atoms with van der Waals surface area (Å²) < 4.78 is 1.38. The molecule has 0 atom stereocenters. The molecule has 0 radical (unpaired) electrons. The number of hydrogen-bond acceptors (Lipinski definition) is 4. The van der Waals surface area contributed by atoms with Gasteiger partial charge in [0.2, 0.25) is 11.6 Å². The molecule has 0 saturated carbocycles. The summed E-state index contributed by atoms with van der Waals surface area (Å²) in [6, 6.07) is 0. The van der Waals surface area contributed by atoms with Crippen LogP contribution in [0.15, 0.2) is 0 Å². The molecule has 20 heavy (non-hydrogen) atoms. The first-order valence-corrected chi connectivity index (χ1v) is 6.45. The molecule has 0 aliphatic heterocycles. The molecule has 0 N–H and O–H groups in total. The van der Waals surface area contributed by atoms with Gasteiger partial charge in [-0.05, 0) is 49.9 Å². The van der Waals surface area contributed by atoms with Gasteiger partial charge >= 0.3 is 0 Å². The Hall–Kier alpha value is -2.30. The highest BCUT2D eigenvalue weighted by molar-refractivity contribution is 6.28. The Morgan fingerprint density at radius 1 is 0.800 bits per heavy atom. The summed E-state index contributed by atoms with van der Waals surface area (Å²) in [6.45, 7) is 7.72. The number of fused-ring (bicyclic) bond motifs is 2. The van der Waals surface area contributed by atoms with Gasteiger partial charge in [0.1, 0.15) is 5.69 Å². The number of carbonyl (C=O) groups excluding carboxylic acids is 2. The van der Waals surface area contributed by atoms with Crippen LogP contribution >= 0.6 is 0 Å². The van der Waals surface area contributed by atoms with Gasteiger partial charge in [0, 0.05) is 18.2 Å². The summed E-state index contributed by atoms with van der Waals surface area (Å²) in [5.74, 6) is -0.364. The van der Waals surface area contributed by atoms with Gasteiger partial charge in [0.25, 0.3) is 0 Å². The number of aryl methyl sites for hydroxylation is 1. The lowest BCUT2D eigenvalue weighted by Crippen LogP contribution is -2.26. The SMILES string of the molecule is Cc1c(C)c(C)c2c(c1C)C(=O)c1nnn(C)c1C2=O. The summed E-state index contributed by atoms with van der Waals surface area (Å²) >= 11 is 0. The van der Waals surface area contributed by atoms with Crippen molar-refractivity contribution >= 4 is 11.6 Å². The fraction of sp³-hybridized carbons (Fsp3) is 0.333. The minimum atomic E-state index is -0.202. The largest absolute Gasteiger partial charge is 0.287 e. The Morgan fingerprint density at radius 2 is 1.30 bits per heavy atom. The molecule has 2 aromatic rings.